The number of hydrogen-bond acceptors (Lipinski definition) is 5. The van der Waals surface area contributed by atoms with E-state index < -0.39 is 0 Å². The standard InChI is InChI=1S/C23H29N5/c1-4-18-11-8-9-14-20(18)25-23-26-21(19-12-6-5-7-13-19)17-22(27-23)24-15-10-16-28(2)3/h5-9,11-14,17H,4,10,15-16H2,1-3H3,(H2,24,25,26,27). The molecule has 146 valence electrons. The number of nitrogens with zero attached hydrogens (tertiary/aromatic N) is 3. The number of rotatable bonds is 9. The van der Waals surface area contributed by atoms with E-state index in [2.05, 4.69) is 66.9 Å². The quantitative estimate of drug-likeness (QED) is 0.526. The van der Waals surface area contributed by atoms with Crippen LogP contribution in [-0.4, -0.2) is 42.1 Å². The minimum Gasteiger partial charge on any atom is -0.370 e. The van der Waals surface area contributed by atoms with Gasteiger partial charge in [-0.2, -0.15) is 4.98 Å². The maximum atomic E-state index is 4.76. The van der Waals surface area contributed by atoms with Crippen LogP contribution in [0.3, 0.4) is 0 Å². The summed E-state index contributed by atoms with van der Waals surface area (Å²) < 4.78 is 0. The molecule has 3 aromatic rings. The molecule has 0 radical (unpaired) electrons. The van der Waals surface area contributed by atoms with Crippen LogP contribution in [0.15, 0.2) is 60.7 Å². The van der Waals surface area contributed by atoms with Crippen LogP contribution in [0.2, 0.25) is 0 Å². The lowest BCUT2D eigenvalue weighted by Gasteiger charge is -2.14. The Labute approximate surface area is 167 Å². The van der Waals surface area contributed by atoms with Crippen LogP contribution in [-0.2, 0) is 6.42 Å². The summed E-state index contributed by atoms with van der Waals surface area (Å²) in [5, 5.41) is 6.86. The lowest BCUT2D eigenvalue weighted by Crippen LogP contribution is -2.17. The highest BCUT2D eigenvalue weighted by Crippen LogP contribution is 2.24. The summed E-state index contributed by atoms with van der Waals surface area (Å²) in [6, 6.07) is 20.5. The van der Waals surface area contributed by atoms with Crippen molar-refractivity contribution in [3.05, 3.63) is 66.2 Å². The normalized spacial score (nSPS) is 10.9. The van der Waals surface area contributed by atoms with Gasteiger partial charge < -0.3 is 15.5 Å². The third-order valence-electron chi connectivity index (χ3n) is 4.53. The first kappa shape index (κ1) is 19.8. The van der Waals surface area contributed by atoms with Crippen LogP contribution in [0, 0.1) is 0 Å². The fourth-order valence-electron chi connectivity index (χ4n) is 3.03. The minimum atomic E-state index is 0.609. The first-order valence-corrected chi connectivity index (χ1v) is 9.83. The van der Waals surface area contributed by atoms with E-state index in [1.54, 1.807) is 0 Å². The maximum Gasteiger partial charge on any atom is 0.229 e. The minimum absolute atomic E-state index is 0.609. The average molecular weight is 376 g/mol. The van der Waals surface area contributed by atoms with Crippen molar-refractivity contribution in [2.45, 2.75) is 19.8 Å². The highest BCUT2D eigenvalue weighted by Gasteiger charge is 2.09. The number of hydrogen-bond donors (Lipinski definition) is 2. The van der Waals surface area contributed by atoms with Crippen molar-refractivity contribution in [1.29, 1.82) is 0 Å². The van der Waals surface area contributed by atoms with Crippen molar-refractivity contribution in [3.8, 4) is 11.3 Å². The van der Waals surface area contributed by atoms with E-state index in [0.717, 1.165) is 48.7 Å². The Bertz CT molecular complexity index is 877. The molecule has 2 aromatic carbocycles. The summed E-state index contributed by atoms with van der Waals surface area (Å²) in [6.07, 6.45) is 2.01. The molecule has 0 aliphatic heterocycles. The Balaban J connectivity index is 1.86. The first-order chi connectivity index (χ1) is 13.7. The SMILES string of the molecule is CCc1ccccc1Nc1nc(NCCCN(C)C)cc(-c2ccccc2)n1. The predicted octanol–water partition coefficient (Wildman–Crippen LogP) is 4.81. The van der Waals surface area contributed by atoms with Crippen molar-refractivity contribution in [2.75, 3.05) is 37.8 Å². The van der Waals surface area contributed by atoms with Gasteiger partial charge in [0.15, 0.2) is 0 Å². The summed E-state index contributed by atoms with van der Waals surface area (Å²) in [5.74, 6) is 1.45. The zero-order chi connectivity index (χ0) is 19.8. The Morgan fingerprint density at radius 1 is 0.929 bits per heavy atom. The van der Waals surface area contributed by atoms with E-state index in [1.807, 2.05) is 30.3 Å². The van der Waals surface area contributed by atoms with Gasteiger partial charge in [-0.3, -0.25) is 0 Å². The van der Waals surface area contributed by atoms with Crippen LogP contribution >= 0.6 is 0 Å². The summed E-state index contributed by atoms with van der Waals surface area (Å²) in [6.45, 7) is 4.06. The highest BCUT2D eigenvalue weighted by molar-refractivity contribution is 5.67. The molecule has 3 rings (SSSR count). The van der Waals surface area contributed by atoms with Gasteiger partial charge in [-0.15, -0.1) is 0 Å². The summed E-state index contributed by atoms with van der Waals surface area (Å²) in [7, 11) is 4.18. The molecule has 0 fully saturated rings. The number of para-hydroxylation sites is 1. The van der Waals surface area contributed by atoms with Crippen molar-refractivity contribution in [3.63, 3.8) is 0 Å². The van der Waals surface area contributed by atoms with Crippen molar-refractivity contribution in [2.24, 2.45) is 0 Å². The number of aromatic nitrogens is 2. The third kappa shape index (κ3) is 5.54. The molecule has 0 amide bonds. The summed E-state index contributed by atoms with van der Waals surface area (Å²) >= 11 is 0. The van der Waals surface area contributed by atoms with Crippen LogP contribution in [0.1, 0.15) is 18.9 Å². The average Bonchev–Trinajstić information content (AvgIpc) is 2.72. The van der Waals surface area contributed by atoms with Gasteiger partial charge in [0.2, 0.25) is 5.95 Å². The molecule has 28 heavy (non-hydrogen) atoms. The molecule has 1 aromatic heterocycles. The zero-order valence-corrected chi connectivity index (χ0v) is 16.9. The van der Waals surface area contributed by atoms with Crippen molar-refractivity contribution >= 4 is 17.5 Å². The molecule has 0 saturated heterocycles. The van der Waals surface area contributed by atoms with Gasteiger partial charge in [-0.1, -0.05) is 55.5 Å². The number of anilines is 3. The van der Waals surface area contributed by atoms with E-state index in [-0.39, 0.29) is 0 Å². The molecule has 0 aliphatic carbocycles. The van der Waals surface area contributed by atoms with E-state index in [1.165, 1.54) is 5.56 Å². The van der Waals surface area contributed by atoms with Crippen molar-refractivity contribution in [1.82, 2.24) is 14.9 Å². The monoisotopic (exact) mass is 375 g/mol. The van der Waals surface area contributed by atoms with Crippen molar-refractivity contribution < 1.29 is 0 Å². The van der Waals surface area contributed by atoms with E-state index in [4.69, 9.17) is 9.97 Å². The molecule has 0 saturated carbocycles. The molecular weight excluding hydrogens is 346 g/mol. The van der Waals surface area contributed by atoms with Gasteiger partial charge in [0.1, 0.15) is 5.82 Å². The first-order valence-electron chi connectivity index (χ1n) is 9.83. The van der Waals surface area contributed by atoms with E-state index >= 15 is 0 Å². The Hall–Kier alpha value is -2.92. The number of aryl methyl sites for hydroxylation is 1. The molecule has 5 nitrogen and oxygen atoms in total. The van der Waals surface area contributed by atoms with E-state index in [9.17, 15) is 0 Å². The smallest absolute Gasteiger partial charge is 0.229 e. The molecule has 0 spiro atoms. The fourth-order valence-corrected chi connectivity index (χ4v) is 3.03. The Kier molecular flexibility index (Phi) is 6.98. The second-order valence-corrected chi connectivity index (χ2v) is 7.05. The van der Waals surface area contributed by atoms with Gasteiger partial charge in [-0.25, -0.2) is 4.98 Å². The fraction of sp³-hybridized carbons (Fsp3) is 0.304. The van der Waals surface area contributed by atoms with Crippen LogP contribution in [0.4, 0.5) is 17.5 Å². The Morgan fingerprint density at radius 3 is 2.43 bits per heavy atom. The lowest BCUT2D eigenvalue weighted by atomic mass is 10.1. The number of nitrogens with one attached hydrogen (secondary N) is 2. The van der Waals surface area contributed by atoms with Gasteiger partial charge in [0.05, 0.1) is 5.69 Å². The van der Waals surface area contributed by atoms with Crippen LogP contribution in [0.5, 0.6) is 0 Å². The summed E-state index contributed by atoms with van der Waals surface area (Å²) in [5.41, 5.74) is 4.28. The zero-order valence-electron chi connectivity index (χ0n) is 16.9. The van der Waals surface area contributed by atoms with Gasteiger partial charge in [-0.05, 0) is 45.1 Å². The van der Waals surface area contributed by atoms with Crippen LogP contribution in [0.25, 0.3) is 11.3 Å². The molecule has 0 unspecified atom stereocenters. The second-order valence-electron chi connectivity index (χ2n) is 7.05. The Morgan fingerprint density at radius 2 is 1.68 bits per heavy atom. The highest BCUT2D eigenvalue weighted by atomic mass is 15.1. The number of benzene rings is 2. The molecule has 5 heteroatoms. The molecule has 2 N–H and O–H groups in total. The molecular formula is C23H29N5. The van der Waals surface area contributed by atoms with Gasteiger partial charge >= 0.3 is 0 Å². The second kappa shape index (κ2) is 9.85. The van der Waals surface area contributed by atoms with Gasteiger partial charge in [0.25, 0.3) is 0 Å². The molecule has 0 aliphatic rings. The van der Waals surface area contributed by atoms with E-state index in [0.29, 0.717) is 5.95 Å². The molecule has 0 atom stereocenters. The largest absolute Gasteiger partial charge is 0.370 e. The van der Waals surface area contributed by atoms with Crippen LogP contribution < -0.4 is 10.6 Å². The molecule has 0 bridgehead atoms. The molecule has 1 heterocycles. The third-order valence-corrected chi connectivity index (χ3v) is 4.53. The van der Waals surface area contributed by atoms with Gasteiger partial charge in [0, 0.05) is 23.9 Å². The lowest BCUT2D eigenvalue weighted by molar-refractivity contribution is 0.405. The summed E-state index contributed by atoms with van der Waals surface area (Å²) in [4.78, 5) is 11.6. The predicted molar refractivity (Wildman–Crippen MR) is 118 cm³/mol. The maximum absolute atomic E-state index is 4.76. The topological polar surface area (TPSA) is 53.1 Å².